The quantitative estimate of drug-likeness (QED) is 0.480. The van der Waals surface area contributed by atoms with E-state index in [4.69, 9.17) is 23.4 Å². The van der Waals surface area contributed by atoms with Crippen LogP contribution in [0.4, 0.5) is 0 Å². The molecule has 1 heterocycles. The normalized spacial score (nSPS) is 11.3. The summed E-state index contributed by atoms with van der Waals surface area (Å²) in [5, 5.41) is 10.9. The molecule has 0 saturated heterocycles. The van der Waals surface area contributed by atoms with Crippen molar-refractivity contribution in [2.75, 3.05) is 47.6 Å². The number of aryl methyl sites for hydroxylation is 1. The minimum absolute atomic E-state index is 0.0568. The predicted molar refractivity (Wildman–Crippen MR) is 121 cm³/mol. The zero-order valence-electron chi connectivity index (χ0n) is 18.8. The van der Waals surface area contributed by atoms with Crippen LogP contribution in [0.2, 0.25) is 0 Å². The van der Waals surface area contributed by atoms with Crippen LogP contribution >= 0.6 is 0 Å². The van der Waals surface area contributed by atoms with Gasteiger partial charge in [0.15, 0.2) is 0 Å². The van der Waals surface area contributed by atoms with Crippen LogP contribution in [-0.4, -0.2) is 57.6 Å². The van der Waals surface area contributed by atoms with Gasteiger partial charge in [0.25, 0.3) is 0 Å². The lowest BCUT2D eigenvalue weighted by atomic mass is 10.1. The van der Waals surface area contributed by atoms with Crippen LogP contribution in [0.5, 0.6) is 23.0 Å². The Kier molecular flexibility index (Phi) is 8.10. The first-order valence-corrected chi connectivity index (χ1v) is 10.3. The number of rotatable bonds is 11. The largest absolute Gasteiger partial charge is 0.507 e. The minimum atomic E-state index is -0.312. The SMILES string of the molecule is COCCN(CCOC)Cc1c(O)ccc2c(=O)c(Oc3cccc(OC)c3)c(C)oc12. The Hall–Kier alpha value is -3.07. The van der Waals surface area contributed by atoms with Crippen LogP contribution in [0.15, 0.2) is 45.6 Å². The first-order chi connectivity index (χ1) is 15.5. The van der Waals surface area contributed by atoms with E-state index in [-0.39, 0.29) is 16.9 Å². The predicted octanol–water partition coefficient (Wildman–Crippen LogP) is 3.70. The van der Waals surface area contributed by atoms with Crippen LogP contribution in [0.3, 0.4) is 0 Å². The maximum Gasteiger partial charge on any atom is 0.235 e. The van der Waals surface area contributed by atoms with Crippen LogP contribution in [0.1, 0.15) is 11.3 Å². The Morgan fingerprint density at radius 3 is 2.34 bits per heavy atom. The van der Waals surface area contributed by atoms with E-state index in [1.165, 1.54) is 6.07 Å². The number of phenols is 1. The fourth-order valence-corrected chi connectivity index (χ4v) is 3.38. The number of benzene rings is 2. The van der Waals surface area contributed by atoms with Crippen molar-refractivity contribution < 1.29 is 28.5 Å². The van der Waals surface area contributed by atoms with Gasteiger partial charge in [-0.3, -0.25) is 9.69 Å². The molecule has 2 aromatic carbocycles. The molecule has 3 rings (SSSR count). The van der Waals surface area contributed by atoms with Gasteiger partial charge in [0, 0.05) is 39.9 Å². The van der Waals surface area contributed by atoms with Crippen molar-refractivity contribution in [2.24, 2.45) is 0 Å². The molecular weight excluding hydrogens is 414 g/mol. The Balaban J connectivity index is 2.01. The summed E-state index contributed by atoms with van der Waals surface area (Å²) in [4.78, 5) is 15.3. The van der Waals surface area contributed by atoms with E-state index in [1.807, 2.05) is 0 Å². The molecule has 172 valence electrons. The van der Waals surface area contributed by atoms with Gasteiger partial charge >= 0.3 is 0 Å². The third-order valence-corrected chi connectivity index (χ3v) is 5.13. The van der Waals surface area contributed by atoms with Gasteiger partial charge in [-0.05, 0) is 31.2 Å². The van der Waals surface area contributed by atoms with Crippen molar-refractivity contribution in [2.45, 2.75) is 13.5 Å². The van der Waals surface area contributed by atoms with Gasteiger partial charge in [0.1, 0.15) is 28.6 Å². The highest BCUT2D eigenvalue weighted by molar-refractivity contribution is 5.83. The van der Waals surface area contributed by atoms with Gasteiger partial charge in [-0.25, -0.2) is 0 Å². The van der Waals surface area contributed by atoms with Crippen molar-refractivity contribution >= 4 is 11.0 Å². The molecule has 0 saturated carbocycles. The summed E-state index contributed by atoms with van der Waals surface area (Å²) >= 11 is 0. The number of fused-ring (bicyclic) bond motifs is 1. The molecule has 0 amide bonds. The first kappa shape index (κ1) is 23.6. The van der Waals surface area contributed by atoms with Crippen LogP contribution in [-0.2, 0) is 16.0 Å². The average molecular weight is 443 g/mol. The second kappa shape index (κ2) is 11.0. The lowest BCUT2D eigenvalue weighted by molar-refractivity contribution is 0.110. The first-order valence-electron chi connectivity index (χ1n) is 10.3. The molecule has 32 heavy (non-hydrogen) atoms. The van der Waals surface area contributed by atoms with E-state index in [1.54, 1.807) is 58.6 Å². The molecule has 0 aliphatic rings. The smallest absolute Gasteiger partial charge is 0.235 e. The molecule has 3 aromatic rings. The van der Waals surface area contributed by atoms with Crippen molar-refractivity contribution in [3.8, 4) is 23.0 Å². The Morgan fingerprint density at radius 1 is 1.00 bits per heavy atom. The molecule has 0 bridgehead atoms. The second-order valence-corrected chi connectivity index (χ2v) is 7.30. The van der Waals surface area contributed by atoms with Gasteiger partial charge in [-0.2, -0.15) is 0 Å². The van der Waals surface area contributed by atoms with Crippen molar-refractivity contribution in [3.63, 3.8) is 0 Å². The van der Waals surface area contributed by atoms with Gasteiger partial charge in [0.05, 0.1) is 31.3 Å². The van der Waals surface area contributed by atoms with E-state index in [9.17, 15) is 9.90 Å². The highest BCUT2D eigenvalue weighted by Crippen LogP contribution is 2.32. The fourth-order valence-electron chi connectivity index (χ4n) is 3.38. The number of methoxy groups -OCH3 is 3. The van der Waals surface area contributed by atoms with Crippen LogP contribution in [0, 0.1) is 6.92 Å². The summed E-state index contributed by atoms with van der Waals surface area (Å²) in [5.74, 6) is 1.55. The lowest BCUT2D eigenvalue weighted by Gasteiger charge is -2.22. The van der Waals surface area contributed by atoms with E-state index >= 15 is 0 Å². The van der Waals surface area contributed by atoms with E-state index in [0.717, 1.165) is 0 Å². The summed E-state index contributed by atoms with van der Waals surface area (Å²) in [6.45, 7) is 4.35. The molecule has 1 N–H and O–H groups in total. The fraction of sp³-hybridized carbons (Fsp3) is 0.375. The van der Waals surface area contributed by atoms with E-state index in [0.29, 0.717) is 66.6 Å². The number of aromatic hydroxyl groups is 1. The maximum atomic E-state index is 13.3. The summed E-state index contributed by atoms with van der Waals surface area (Å²) in [5.41, 5.74) is 0.557. The molecule has 8 heteroatoms. The second-order valence-electron chi connectivity index (χ2n) is 7.30. The van der Waals surface area contributed by atoms with E-state index < -0.39 is 0 Å². The third kappa shape index (κ3) is 5.40. The summed E-state index contributed by atoms with van der Waals surface area (Å²) in [6, 6.07) is 10.0. The lowest BCUT2D eigenvalue weighted by Crippen LogP contribution is -2.30. The molecule has 0 aliphatic carbocycles. The molecule has 0 spiro atoms. The molecule has 1 aromatic heterocycles. The van der Waals surface area contributed by atoms with Crippen LogP contribution < -0.4 is 14.9 Å². The topological polar surface area (TPSA) is 90.6 Å². The summed E-state index contributed by atoms with van der Waals surface area (Å²) in [7, 11) is 4.83. The number of hydrogen-bond donors (Lipinski definition) is 1. The van der Waals surface area contributed by atoms with Gasteiger partial charge in [0.2, 0.25) is 11.2 Å². The van der Waals surface area contributed by atoms with Crippen LogP contribution in [0.25, 0.3) is 11.0 Å². The summed E-state index contributed by atoms with van der Waals surface area (Å²) in [6.07, 6.45) is 0. The zero-order valence-corrected chi connectivity index (χ0v) is 18.8. The molecule has 8 nitrogen and oxygen atoms in total. The van der Waals surface area contributed by atoms with Gasteiger partial charge in [-0.15, -0.1) is 0 Å². The van der Waals surface area contributed by atoms with E-state index in [2.05, 4.69) is 4.90 Å². The highest BCUT2D eigenvalue weighted by atomic mass is 16.5. The van der Waals surface area contributed by atoms with Crippen molar-refractivity contribution in [3.05, 3.63) is 57.9 Å². The minimum Gasteiger partial charge on any atom is -0.507 e. The Labute approximate surface area is 186 Å². The van der Waals surface area contributed by atoms with Crippen molar-refractivity contribution in [1.82, 2.24) is 4.90 Å². The standard InChI is InChI=1S/C24H29NO7/c1-16-23(32-18-7-5-6-17(14-18)30-4)22(27)19-8-9-21(26)20(24(19)31-16)15-25(10-12-28-2)11-13-29-3/h5-9,14,26H,10-13,15H2,1-4H3. The molecule has 0 aliphatic heterocycles. The van der Waals surface area contributed by atoms with Gasteiger partial charge < -0.3 is 28.5 Å². The molecule has 0 atom stereocenters. The van der Waals surface area contributed by atoms with Gasteiger partial charge in [-0.1, -0.05) is 6.07 Å². The maximum absolute atomic E-state index is 13.3. The monoisotopic (exact) mass is 443 g/mol. The van der Waals surface area contributed by atoms with Crippen molar-refractivity contribution in [1.29, 1.82) is 0 Å². The summed E-state index contributed by atoms with van der Waals surface area (Å²) < 4.78 is 27.5. The molecular formula is C24H29NO7. The number of phenolic OH excluding ortho intramolecular Hbond substituents is 1. The number of hydrogen-bond acceptors (Lipinski definition) is 8. The molecule has 0 unspecified atom stereocenters. The third-order valence-electron chi connectivity index (χ3n) is 5.13. The highest BCUT2D eigenvalue weighted by Gasteiger charge is 2.20. The molecule has 0 fully saturated rings. The molecule has 0 radical (unpaired) electrons. The average Bonchev–Trinajstić information content (AvgIpc) is 2.80. The number of nitrogens with zero attached hydrogens (tertiary/aromatic N) is 1. The zero-order chi connectivity index (χ0) is 23.1. The number of ether oxygens (including phenoxy) is 4. The Morgan fingerprint density at radius 2 is 1.69 bits per heavy atom. The Bertz CT molecular complexity index is 1100.